The van der Waals surface area contributed by atoms with Gasteiger partial charge < -0.3 is 0 Å². The Balaban J connectivity index is 1.95. The number of ketones is 1. The zero-order valence-corrected chi connectivity index (χ0v) is 9.44. The molecule has 2 heteroatoms. The highest BCUT2D eigenvalue weighted by atomic mass is 16.1. The van der Waals surface area contributed by atoms with Crippen molar-refractivity contribution in [2.24, 2.45) is 0 Å². The summed E-state index contributed by atoms with van der Waals surface area (Å²) in [5.41, 5.74) is 3.29. The van der Waals surface area contributed by atoms with Crippen molar-refractivity contribution in [3.63, 3.8) is 0 Å². The van der Waals surface area contributed by atoms with Gasteiger partial charge in [-0.25, -0.2) is 0 Å². The van der Waals surface area contributed by atoms with Crippen molar-refractivity contribution in [1.82, 2.24) is 4.90 Å². The SMILES string of the molecule is Cc1ccccc1C(=O)C1C2=CCN1CC2. The molecule has 0 spiro atoms. The summed E-state index contributed by atoms with van der Waals surface area (Å²) >= 11 is 0. The molecule has 0 saturated carbocycles. The van der Waals surface area contributed by atoms with Gasteiger partial charge in [-0.3, -0.25) is 9.69 Å². The number of hydrogen-bond acceptors (Lipinski definition) is 2. The number of carbonyl (C=O) groups is 1. The van der Waals surface area contributed by atoms with Gasteiger partial charge in [-0.15, -0.1) is 0 Å². The Morgan fingerprint density at radius 1 is 1.38 bits per heavy atom. The number of Topliss-reactive ketones (excluding diaryl/α,β-unsaturated/α-hetero) is 1. The molecule has 2 heterocycles. The Labute approximate surface area is 95.6 Å². The maximum atomic E-state index is 12.4. The van der Waals surface area contributed by atoms with Crippen molar-refractivity contribution >= 4 is 5.78 Å². The van der Waals surface area contributed by atoms with E-state index in [0.29, 0.717) is 0 Å². The highest BCUT2D eigenvalue weighted by Gasteiger charge is 2.38. The molecule has 2 aliphatic rings. The first kappa shape index (κ1) is 9.79. The second-order valence-electron chi connectivity index (χ2n) is 4.61. The van der Waals surface area contributed by atoms with E-state index in [1.165, 1.54) is 5.57 Å². The third kappa shape index (κ3) is 1.34. The van der Waals surface area contributed by atoms with Crippen LogP contribution in [0.2, 0.25) is 0 Å². The molecule has 2 aliphatic heterocycles. The normalized spacial score (nSPS) is 26.9. The van der Waals surface area contributed by atoms with Gasteiger partial charge in [0.05, 0.1) is 6.04 Å². The molecule has 3 rings (SSSR count). The highest BCUT2D eigenvalue weighted by molar-refractivity contribution is 6.03. The fourth-order valence-electron chi connectivity index (χ4n) is 2.75. The summed E-state index contributed by atoms with van der Waals surface area (Å²) in [7, 11) is 0. The van der Waals surface area contributed by atoms with Crippen molar-refractivity contribution in [2.45, 2.75) is 19.4 Å². The number of aryl methyl sites for hydroxylation is 1. The summed E-state index contributed by atoms with van der Waals surface area (Å²) in [6.07, 6.45) is 3.28. The second-order valence-corrected chi connectivity index (χ2v) is 4.61. The first-order valence-corrected chi connectivity index (χ1v) is 5.80. The van der Waals surface area contributed by atoms with Crippen molar-refractivity contribution in [2.75, 3.05) is 13.1 Å². The molecule has 0 amide bonds. The summed E-state index contributed by atoms with van der Waals surface area (Å²) in [5.74, 6) is 0.277. The minimum atomic E-state index is 0.0427. The van der Waals surface area contributed by atoms with E-state index in [-0.39, 0.29) is 11.8 Å². The van der Waals surface area contributed by atoms with Crippen molar-refractivity contribution in [3.05, 3.63) is 47.0 Å². The molecule has 2 bridgehead atoms. The fraction of sp³-hybridized carbons (Fsp3) is 0.357. The van der Waals surface area contributed by atoms with Gasteiger partial charge >= 0.3 is 0 Å². The lowest BCUT2D eigenvalue weighted by Gasteiger charge is -2.18. The van der Waals surface area contributed by atoms with Gasteiger partial charge in [0.25, 0.3) is 0 Å². The molecule has 1 aromatic rings. The van der Waals surface area contributed by atoms with Crippen LogP contribution in [0.3, 0.4) is 0 Å². The topological polar surface area (TPSA) is 20.3 Å². The average Bonchev–Trinajstić information content (AvgIpc) is 2.88. The number of benzene rings is 1. The van der Waals surface area contributed by atoms with E-state index >= 15 is 0 Å². The summed E-state index contributed by atoms with van der Waals surface area (Å²) in [5, 5.41) is 0. The van der Waals surface area contributed by atoms with E-state index in [0.717, 1.165) is 30.6 Å². The number of fused-ring (bicyclic) bond motifs is 2. The molecule has 1 fully saturated rings. The summed E-state index contributed by atoms with van der Waals surface area (Å²) in [6.45, 7) is 4.01. The van der Waals surface area contributed by atoms with E-state index in [1.54, 1.807) is 0 Å². The molecule has 1 aromatic carbocycles. The third-order valence-corrected chi connectivity index (χ3v) is 3.65. The molecule has 0 N–H and O–H groups in total. The van der Waals surface area contributed by atoms with E-state index in [2.05, 4.69) is 11.0 Å². The van der Waals surface area contributed by atoms with Crippen LogP contribution in [-0.2, 0) is 0 Å². The smallest absolute Gasteiger partial charge is 0.184 e. The largest absolute Gasteiger partial charge is 0.292 e. The minimum Gasteiger partial charge on any atom is -0.292 e. The Kier molecular flexibility index (Phi) is 2.18. The van der Waals surface area contributed by atoms with Gasteiger partial charge in [0.2, 0.25) is 0 Å². The number of carbonyl (C=O) groups excluding carboxylic acids is 1. The van der Waals surface area contributed by atoms with Crippen molar-refractivity contribution in [1.29, 1.82) is 0 Å². The molecule has 82 valence electrons. The standard InChI is InChI=1S/C14H15NO/c1-10-4-2-3-5-12(10)14(16)13-11-6-8-15(13)9-7-11/h2-6,13H,7-9H2,1H3. The van der Waals surface area contributed by atoms with Gasteiger partial charge in [-0.05, 0) is 24.5 Å². The van der Waals surface area contributed by atoms with E-state index < -0.39 is 0 Å². The van der Waals surface area contributed by atoms with E-state index in [1.807, 2.05) is 31.2 Å². The first-order chi connectivity index (χ1) is 7.77. The summed E-state index contributed by atoms with van der Waals surface area (Å²) in [4.78, 5) is 14.7. The molecule has 0 aromatic heterocycles. The third-order valence-electron chi connectivity index (χ3n) is 3.65. The molecule has 16 heavy (non-hydrogen) atoms. The fourth-order valence-corrected chi connectivity index (χ4v) is 2.75. The Morgan fingerprint density at radius 3 is 2.75 bits per heavy atom. The maximum Gasteiger partial charge on any atom is 0.184 e. The molecular formula is C14H15NO. The summed E-state index contributed by atoms with van der Waals surface area (Å²) in [6, 6.07) is 7.92. The van der Waals surface area contributed by atoms with Gasteiger partial charge in [0, 0.05) is 18.7 Å². The van der Waals surface area contributed by atoms with Crippen molar-refractivity contribution < 1.29 is 4.79 Å². The Morgan fingerprint density at radius 2 is 2.19 bits per heavy atom. The predicted octanol–water partition coefficient (Wildman–Crippen LogP) is 2.19. The summed E-state index contributed by atoms with van der Waals surface area (Å²) < 4.78 is 0. The molecule has 2 nitrogen and oxygen atoms in total. The van der Waals surface area contributed by atoms with Crippen LogP contribution >= 0.6 is 0 Å². The molecular weight excluding hydrogens is 198 g/mol. The lowest BCUT2D eigenvalue weighted by atomic mass is 9.96. The Hall–Kier alpha value is -1.41. The average molecular weight is 213 g/mol. The van der Waals surface area contributed by atoms with Gasteiger partial charge in [-0.1, -0.05) is 30.3 Å². The number of hydrogen-bond donors (Lipinski definition) is 0. The van der Waals surface area contributed by atoms with Gasteiger partial charge in [-0.2, -0.15) is 0 Å². The first-order valence-electron chi connectivity index (χ1n) is 5.80. The zero-order chi connectivity index (χ0) is 11.1. The van der Waals surface area contributed by atoms with Crippen LogP contribution < -0.4 is 0 Å². The highest BCUT2D eigenvalue weighted by Crippen LogP contribution is 2.31. The van der Waals surface area contributed by atoms with Crippen LogP contribution in [0.25, 0.3) is 0 Å². The molecule has 0 radical (unpaired) electrons. The lowest BCUT2D eigenvalue weighted by Crippen LogP contribution is -2.33. The van der Waals surface area contributed by atoms with E-state index in [9.17, 15) is 4.79 Å². The number of rotatable bonds is 2. The van der Waals surface area contributed by atoms with Gasteiger partial charge in [0.1, 0.15) is 0 Å². The van der Waals surface area contributed by atoms with Crippen LogP contribution in [0.15, 0.2) is 35.9 Å². The van der Waals surface area contributed by atoms with E-state index in [4.69, 9.17) is 0 Å². The molecule has 2 unspecified atom stereocenters. The quantitative estimate of drug-likeness (QED) is 0.554. The lowest BCUT2D eigenvalue weighted by molar-refractivity contribution is 0.0910. The van der Waals surface area contributed by atoms with Crippen LogP contribution in [0.4, 0.5) is 0 Å². The second kappa shape index (κ2) is 3.56. The zero-order valence-electron chi connectivity index (χ0n) is 9.44. The van der Waals surface area contributed by atoms with Crippen LogP contribution in [-0.4, -0.2) is 29.8 Å². The Bertz CT molecular complexity index is 475. The van der Waals surface area contributed by atoms with Gasteiger partial charge in [0.15, 0.2) is 5.78 Å². The molecule has 1 saturated heterocycles. The predicted molar refractivity (Wildman–Crippen MR) is 63.6 cm³/mol. The minimum absolute atomic E-state index is 0.0427. The van der Waals surface area contributed by atoms with Crippen LogP contribution in [0, 0.1) is 6.92 Å². The van der Waals surface area contributed by atoms with Crippen molar-refractivity contribution in [3.8, 4) is 0 Å². The monoisotopic (exact) mass is 213 g/mol. The number of nitrogens with zero attached hydrogens (tertiary/aromatic N) is 1. The van der Waals surface area contributed by atoms with Crippen LogP contribution in [0.1, 0.15) is 22.3 Å². The maximum absolute atomic E-state index is 12.4. The molecule has 0 aliphatic carbocycles. The molecule has 2 atom stereocenters. The van der Waals surface area contributed by atoms with Crippen LogP contribution in [0.5, 0.6) is 0 Å².